The van der Waals surface area contributed by atoms with Crippen molar-refractivity contribution in [3.05, 3.63) is 126 Å². The summed E-state index contributed by atoms with van der Waals surface area (Å²) in [4.78, 5) is 29.3. The molecule has 4 rings (SSSR count). The molecule has 0 saturated carbocycles. The van der Waals surface area contributed by atoms with Gasteiger partial charge in [-0.3, -0.25) is 14.6 Å². The molecular weight excluding hydrogens is 540 g/mol. The molecule has 0 aliphatic rings. The van der Waals surface area contributed by atoms with E-state index in [9.17, 15) is 18.0 Å². The van der Waals surface area contributed by atoms with E-state index >= 15 is 0 Å². The summed E-state index contributed by atoms with van der Waals surface area (Å²) in [5.74, 6) is -0.508. The maximum absolute atomic E-state index is 13.7. The molecule has 10 heteroatoms. The molecule has 41 heavy (non-hydrogen) atoms. The fourth-order valence-electron chi connectivity index (χ4n) is 4.20. The van der Waals surface area contributed by atoms with E-state index in [1.807, 2.05) is 37.3 Å². The number of nitrogens with zero attached hydrogens (tertiary/aromatic N) is 2. The number of aromatic nitrogens is 1. The molecule has 1 aromatic heterocycles. The molecule has 3 N–H and O–H groups in total. The van der Waals surface area contributed by atoms with Crippen LogP contribution in [0.5, 0.6) is 5.75 Å². The van der Waals surface area contributed by atoms with Gasteiger partial charge in [-0.05, 0) is 66.6 Å². The third-order valence-corrected chi connectivity index (χ3v) is 8.15. The maximum atomic E-state index is 13.7. The second-order valence-electron chi connectivity index (χ2n) is 9.31. The van der Waals surface area contributed by atoms with Gasteiger partial charge in [0.1, 0.15) is 11.8 Å². The van der Waals surface area contributed by atoms with E-state index in [4.69, 9.17) is 10.5 Å². The van der Waals surface area contributed by atoms with Crippen molar-refractivity contribution >= 4 is 21.8 Å². The molecule has 0 aliphatic heterocycles. The number of rotatable bonds is 13. The van der Waals surface area contributed by atoms with E-state index in [1.165, 1.54) is 16.4 Å². The highest BCUT2D eigenvalue weighted by Gasteiger charge is 2.26. The number of hydrogen-bond donors (Lipinski definition) is 2. The van der Waals surface area contributed by atoms with Gasteiger partial charge in [0.15, 0.2) is 0 Å². The van der Waals surface area contributed by atoms with E-state index in [1.54, 1.807) is 60.8 Å². The highest BCUT2D eigenvalue weighted by molar-refractivity contribution is 7.89. The van der Waals surface area contributed by atoms with Crippen LogP contribution in [0.3, 0.4) is 0 Å². The van der Waals surface area contributed by atoms with Crippen molar-refractivity contribution in [1.29, 1.82) is 0 Å². The number of hydrogen-bond acceptors (Lipinski definition) is 6. The van der Waals surface area contributed by atoms with Crippen LogP contribution in [0, 0.1) is 0 Å². The molecule has 2 amide bonds. The van der Waals surface area contributed by atoms with Gasteiger partial charge in [0.05, 0.1) is 23.7 Å². The SMILES string of the molecule is CCOc1ccc(S(=O)(=O)N(Cc2ccc(C(=O)N[C@@H](Cc3ccccc3)C(N)=O)cc2)Cc2ccccn2)cc1. The number of benzene rings is 3. The molecule has 1 heterocycles. The van der Waals surface area contributed by atoms with Gasteiger partial charge in [-0.15, -0.1) is 0 Å². The van der Waals surface area contributed by atoms with Gasteiger partial charge in [0.25, 0.3) is 5.91 Å². The molecule has 0 radical (unpaired) electrons. The Labute approximate surface area is 240 Å². The molecule has 0 unspecified atom stereocenters. The van der Waals surface area contributed by atoms with Gasteiger partial charge in [0, 0.05) is 24.7 Å². The number of sulfonamides is 1. The van der Waals surface area contributed by atoms with E-state index < -0.39 is 27.9 Å². The fourth-order valence-corrected chi connectivity index (χ4v) is 5.60. The van der Waals surface area contributed by atoms with Crippen LogP contribution in [-0.2, 0) is 34.3 Å². The molecule has 212 valence electrons. The number of nitrogens with one attached hydrogen (secondary N) is 1. The van der Waals surface area contributed by atoms with Crippen LogP contribution < -0.4 is 15.8 Å². The van der Waals surface area contributed by atoms with Crippen LogP contribution in [0.2, 0.25) is 0 Å². The van der Waals surface area contributed by atoms with Crippen molar-refractivity contribution in [2.75, 3.05) is 6.61 Å². The van der Waals surface area contributed by atoms with Crippen molar-refractivity contribution in [2.45, 2.75) is 37.4 Å². The summed E-state index contributed by atoms with van der Waals surface area (Å²) in [7, 11) is -3.90. The number of pyridine rings is 1. The second-order valence-corrected chi connectivity index (χ2v) is 11.3. The van der Waals surface area contributed by atoms with E-state index in [0.717, 1.165) is 5.56 Å². The third-order valence-electron chi connectivity index (χ3n) is 6.34. The zero-order valence-corrected chi connectivity index (χ0v) is 23.5. The molecule has 0 aliphatic carbocycles. The highest BCUT2D eigenvalue weighted by atomic mass is 32.2. The van der Waals surface area contributed by atoms with Gasteiger partial charge in [-0.1, -0.05) is 48.5 Å². The van der Waals surface area contributed by atoms with E-state index in [-0.39, 0.29) is 24.4 Å². The molecule has 9 nitrogen and oxygen atoms in total. The van der Waals surface area contributed by atoms with Crippen LogP contribution in [0.1, 0.15) is 34.1 Å². The van der Waals surface area contributed by atoms with Crippen molar-refractivity contribution in [1.82, 2.24) is 14.6 Å². The monoisotopic (exact) mass is 572 g/mol. The number of ether oxygens (including phenoxy) is 1. The normalized spacial score (nSPS) is 12.0. The maximum Gasteiger partial charge on any atom is 0.251 e. The Kier molecular flexibility index (Phi) is 9.83. The Morgan fingerprint density at radius 3 is 2.17 bits per heavy atom. The highest BCUT2D eigenvalue weighted by Crippen LogP contribution is 2.23. The summed E-state index contributed by atoms with van der Waals surface area (Å²) in [5, 5.41) is 2.70. The summed E-state index contributed by atoms with van der Waals surface area (Å²) < 4.78 is 34.1. The summed E-state index contributed by atoms with van der Waals surface area (Å²) in [6.45, 7) is 2.43. The van der Waals surface area contributed by atoms with Crippen molar-refractivity contribution in [3.8, 4) is 5.75 Å². The van der Waals surface area contributed by atoms with E-state index in [0.29, 0.717) is 29.2 Å². The molecule has 4 aromatic rings. The Balaban J connectivity index is 1.51. The lowest BCUT2D eigenvalue weighted by Gasteiger charge is -2.22. The first-order chi connectivity index (χ1) is 19.8. The summed E-state index contributed by atoms with van der Waals surface area (Å²) in [6.07, 6.45) is 1.88. The first-order valence-corrected chi connectivity index (χ1v) is 14.6. The fraction of sp³-hybridized carbons (Fsp3) is 0.194. The minimum Gasteiger partial charge on any atom is -0.494 e. The lowest BCUT2D eigenvalue weighted by Crippen LogP contribution is -2.45. The molecular formula is C31H32N4O5S. The minimum atomic E-state index is -3.90. The second kappa shape index (κ2) is 13.7. The van der Waals surface area contributed by atoms with Crippen LogP contribution >= 0.6 is 0 Å². The zero-order chi connectivity index (χ0) is 29.2. The predicted molar refractivity (Wildman–Crippen MR) is 155 cm³/mol. The van der Waals surface area contributed by atoms with Crippen molar-refractivity contribution < 1.29 is 22.7 Å². The van der Waals surface area contributed by atoms with Gasteiger partial charge < -0.3 is 15.8 Å². The number of primary amides is 1. The number of nitrogens with two attached hydrogens (primary N) is 1. The first-order valence-electron chi connectivity index (χ1n) is 13.1. The van der Waals surface area contributed by atoms with Crippen LogP contribution in [0.15, 0.2) is 108 Å². The Hall–Kier alpha value is -4.54. The number of amides is 2. The largest absolute Gasteiger partial charge is 0.494 e. The van der Waals surface area contributed by atoms with Crippen LogP contribution in [-0.4, -0.2) is 42.2 Å². The summed E-state index contributed by atoms with van der Waals surface area (Å²) >= 11 is 0. The standard InChI is InChI=1S/C31H32N4O5S/c1-2-40-27-15-17-28(18-16-27)41(38,39)35(22-26-10-6-7-19-33-26)21-24-11-13-25(14-12-24)31(37)34-29(30(32)36)20-23-8-4-3-5-9-23/h3-19,29H,2,20-22H2,1H3,(H2,32,36)(H,34,37)/t29-/m0/s1. The molecule has 0 fully saturated rings. The molecule has 0 saturated heterocycles. The average molecular weight is 573 g/mol. The van der Waals surface area contributed by atoms with Crippen LogP contribution in [0.4, 0.5) is 0 Å². The lowest BCUT2D eigenvalue weighted by atomic mass is 10.0. The Morgan fingerprint density at radius 1 is 0.878 bits per heavy atom. The topological polar surface area (TPSA) is 132 Å². The first kappa shape index (κ1) is 29.4. The summed E-state index contributed by atoms with van der Waals surface area (Å²) in [6, 6.07) is 26.6. The van der Waals surface area contributed by atoms with E-state index in [2.05, 4.69) is 10.3 Å². The minimum absolute atomic E-state index is 0.0476. The number of carbonyl (C=O) groups excluding carboxylic acids is 2. The van der Waals surface area contributed by atoms with Gasteiger partial charge in [-0.2, -0.15) is 4.31 Å². The smallest absolute Gasteiger partial charge is 0.251 e. The lowest BCUT2D eigenvalue weighted by molar-refractivity contribution is -0.119. The molecule has 0 spiro atoms. The molecule has 0 bridgehead atoms. The predicted octanol–water partition coefficient (Wildman–Crippen LogP) is 3.70. The summed E-state index contributed by atoms with van der Waals surface area (Å²) in [5.41, 5.74) is 7.99. The van der Waals surface area contributed by atoms with Crippen molar-refractivity contribution in [3.63, 3.8) is 0 Å². The van der Waals surface area contributed by atoms with Crippen LogP contribution in [0.25, 0.3) is 0 Å². The molecule has 1 atom stereocenters. The van der Waals surface area contributed by atoms with Gasteiger partial charge in [0.2, 0.25) is 15.9 Å². The van der Waals surface area contributed by atoms with Gasteiger partial charge in [-0.25, -0.2) is 8.42 Å². The average Bonchev–Trinajstić information content (AvgIpc) is 2.98. The Morgan fingerprint density at radius 2 is 1.56 bits per heavy atom. The Bertz CT molecular complexity index is 1550. The molecule has 3 aromatic carbocycles. The van der Waals surface area contributed by atoms with Gasteiger partial charge >= 0.3 is 0 Å². The van der Waals surface area contributed by atoms with Crippen molar-refractivity contribution in [2.24, 2.45) is 5.73 Å². The zero-order valence-electron chi connectivity index (χ0n) is 22.6. The number of carbonyl (C=O) groups is 2. The third kappa shape index (κ3) is 8.00. The quantitative estimate of drug-likeness (QED) is 0.251.